The highest BCUT2D eigenvalue weighted by Gasteiger charge is 2.53. The Morgan fingerprint density at radius 1 is 1.33 bits per heavy atom. The van der Waals surface area contributed by atoms with Crippen LogP contribution in [0.25, 0.3) is 0 Å². The van der Waals surface area contributed by atoms with Crippen LogP contribution in [-0.4, -0.2) is 18.3 Å². The zero-order valence-electron chi connectivity index (χ0n) is 8.21. The topological polar surface area (TPSA) is 46.2 Å². The van der Waals surface area contributed by atoms with Crippen molar-refractivity contribution in [3.63, 3.8) is 0 Å². The number of aliphatic hydroxyl groups excluding tert-OH is 1. The molecule has 1 aliphatic carbocycles. The number of aliphatic hydroxyl groups is 1. The van der Waals surface area contributed by atoms with Crippen molar-refractivity contribution in [2.75, 3.05) is 13.2 Å². The predicted molar refractivity (Wildman–Crippen MR) is 52.3 cm³/mol. The molecular weight excluding hydrogens is 200 g/mol. The van der Waals surface area contributed by atoms with E-state index in [0.29, 0.717) is 18.5 Å². The lowest BCUT2D eigenvalue weighted by atomic mass is 10.00. The molecule has 2 nitrogen and oxygen atoms in total. The standard InChI is InChI=1S/C11H13F2NO/c12-8-1-7(2-9(13)3-8)10-4-11(10,5-14)6-15/h1-3,10,15H,4-6,14H2. The van der Waals surface area contributed by atoms with Gasteiger partial charge in [0.15, 0.2) is 0 Å². The fourth-order valence-corrected chi connectivity index (χ4v) is 2.06. The van der Waals surface area contributed by atoms with Crippen molar-refractivity contribution in [1.29, 1.82) is 0 Å². The normalized spacial score (nSPS) is 29.2. The number of halogens is 2. The van der Waals surface area contributed by atoms with Gasteiger partial charge in [0.05, 0.1) is 6.61 Å². The SMILES string of the molecule is NCC1(CO)CC1c1cc(F)cc(F)c1. The van der Waals surface area contributed by atoms with Crippen LogP contribution in [0.1, 0.15) is 17.9 Å². The van der Waals surface area contributed by atoms with Gasteiger partial charge in [-0.15, -0.1) is 0 Å². The van der Waals surface area contributed by atoms with Gasteiger partial charge in [-0.25, -0.2) is 8.78 Å². The van der Waals surface area contributed by atoms with Crippen LogP contribution in [0.4, 0.5) is 8.78 Å². The molecule has 1 fully saturated rings. The fourth-order valence-electron chi connectivity index (χ4n) is 2.06. The minimum absolute atomic E-state index is 0.0160. The van der Waals surface area contributed by atoms with Gasteiger partial charge in [-0.2, -0.15) is 0 Å². The van der Waals surface area contributed by atoms with E-state index < -0.39 is 11.6 Å². The summed E-state index contributed by atoms with van der Waals surface area (Å²) in [6, 6.07) is 3.45. The molecular formula is C11H13F2NO. The minimum atomic E-state index is -0.583. The second kappa shape index (κ2) is 3.54. The maximum atomic E-state index is 12.9. The molecule has 0 saturated heterocycles. The molecule has 0 spiro atoms. The molecule has 2 atom stereocenters. The fraction of sp³-hybridized carbons (Fsp3) is 0.455. The summed E-state index contributed by atoms with van der Waals surface area (Å²) in [5.74, 6) is -1.18. The summed E-state index contributed by atoms with van der Waals surface area (Å²) in [5.41, 5.74) is 5.76. The summed E-state index contributed by atoms with van der Waals surface area (Å²) >= 11 is 0. The smallest absolute Gasteiger partial charge is 0.126 e. The van der Waals surface area contributed by atoms with Gasteiger partial charge in [0.2, 0.25) is 0 Å². The van der Waals surface area contributed by atoms with Gasteiger partial charge in [-0.1, -0.05) is 0 Å². The highest BCUT2D eigenvalue weighted by molar-refractivity contribution is 5.31. The van der Waals surface area contributed by atoms with Crippen LogP contribution < -0.4 is 5.73 Å². The van der Waals surface area contributed by atoms with E-state index in [1.54, 1.807) is 0 Å². The van der Waals surface area contributed by atoms with Gasteiger partial charge in [-0.05, 0) is 30.0 Å². The summed E-state index contributed by atoms with van der Waals surface area (Å²) in [5, 5.41) is 9.16. The molecule has 1 saturated carbocycles. The van der Waals surface area contributed by atoms with Crippen molar-refractivity contribution >= 4 is 0 Å². The van der Waals surface area contributed by atoms with E-state index in [0.717, 1.165) is 6.07 Å². The van der Waals surface area contributed by atoms with Crippen LogP contribution in [0.15, 0.2) is 18.2 Å². The van der Waals surface area contributed by atoms with E-state index in [-0.39, 0.29) is 17.9 Å². The van der Waals surface area contributed by atoms with Gasteiger partial charge in [0.25, 0.3) is 0 Å². The minimum Gasteiger partial charge on any atom is -0.396 e. The summed E-state index contributed by atoms with van der Waals surface area (Å²) in [6.45, 7) is 0.304. The molecule has 1 aromatic rings. The number of benzene rings is 1. The van der Waals surface area contributed by atoms with Crippen LogP contribution in [0.5, 0.6) is 0 Å². The molecule has 0 aliphatic heterocycles. The molecule has 0 aromatic heterocycles. The first kappa shape index (κ1) is 10.5. The average Bonchev–Trinajstić information content (AvgIpc) is 2.91. The van der Waals surface area contributed by atoms with Gasteiger partial charge in [0.1, 0.15) is 11.6 Å². The Kier molecular flexibility index (Phi) is 2.48. The summed E-state index contributed by atoms with van der Waals surface area (Å²) in [6.07, 6.45) is 0.697. The molecule has 3 N–H and O–H groups in total. The van der Waals surface area contributed by atoms with Crippen molar-refractivity contribution in [2.24, 2.45) is 11.1 Å². The van der Waals surface area contributed by atoms with Gasteiger partial charge in [-0.3, -0.25) is 0 Å². The lowest BCUT2D eigenvalue weighted by Crippen LogP contribution is -2.21. The van der Waals surface area contributed by atoms with Crippen molar-refractivity contribution < 1.29 is 13.9 Å². The molecule has 15 heavy (non-hydrogen) atoms. The van der Waals surface area contributed by atoms with Crippen molar-refractivity contribution in [3.8, 4) is 0 Å². The molecule has 2 unspecified atom stereocenters. The average molecular weight is 213 g/mol. The summed E-state index contributed by atoms with van der Waals surface area (Å²) < 4.78 is 25.9. The Morgan fingerprint density at radius 2 is 1.93 bits per heavy atom. The first-order chi connectivity index (χ1) is 7.11. The van der Waals surface area contributed by atoms with Crippen LogP contribution >= 0.6 is 0 Å². The largest absolute Gasteiger partial charge is 0.396 e. The van der Waals surface area contributed by atoms with Crippen LogP contribution in [0.3, 0.4) is 0 Å². The van der Waals surface area contributed by atoms with Crippen LogP contribution in [0.2, 0.25) is 0 Å². The molecule has 2 rings (SSSR count). The second-order valence-electron chi connectivity index (χ2n) is 4.18. The van der Waals surface area contributed by atoms with Crippen LogP contribution in [0, 0.1) is 17.0 Å². The third-order valence-corrected chi connectivity index (χ3v) is 3.20. The molecule has 1 aliphatic rings. The number of hydrogen-bond donors (Lipinski definition) is 2. The quantitative estimate of drug-likeness (QED) is 0.797. The third kappa shape index (κ3) is 1.75. The maximum absolute atomic E-state index is 12.9. The Morgan fingerprint density at radius 3 is 2.33 bits per heavy atom. The lowest BCUT2D eigenvalue weighted by Gasteiger charge is -2.11. The van der Waals surface area contributed by atoms with E-state index in [1.165, 1.54) is 12.1 Å². The Labute approximate surface area is 86.7 Å². The van der Waals surface area contributed by atoms with Gasteiger partial charge >= 0.3 is 0 Å². The van der Waals surface area contributed by atoms with Crippen molar-refractivity contribution in [1.82, 2.24) is 0 Å². The Balaban J connectivity index is 2.26. The Bertz CT molecular complexity index is 357. The molecule has 1 aromatic carbocycles. The van der Waals surface area contributed by atoms with Crippen molar-refractivity contribution in [2.45, 2.75) is 12.3 Å². The monoisotopic (exact) mass is 213 g/mol. The van der Waals surface area contributed by atoms with Gasteiger partial charge < -0.3 is 10.8 Å². The molecule has 0 amide bonds. The predicted octanol–water partition coefficient (Wildman–Crippen LogP) is 1.39. The van der Waals surface area contributed by atoms with E-state index in [4.69, 9.17) is 10.8 Å². The molecule has 0 bridgehead atoms. The van der Waals surface area contributed by atoms with E-state index in [1.807, 2.05) is 0 Å². The zero-order valence-corrected chi connectivity index (χ0v) is 8.21. The molecule has 0 radical (unpaired) electrons. The Hall–Kier alpha value is -1.00. The van der Waals surface area contributed by atoms with Gasteiger partial charge in [0, 0.05) is 18.0 Å². The number of rotatable bonds is 3. The zero-order chi connectivity index (χ0) is 11.1. The second-order valence-corrected chi connectivity index (χ2v) is 4.18. The van der Waals surface area contributed by atoms with Crippen LogP contribution in [-0.2, 0) is 0 Å². The summed E-state index contributed by atoms with van der Waals surface area (Å²) in [7, 11) is 0. The maximum Gasteiger partial charge on any atom is 0.126 e. The molecule has 82 valence electrons. The summed E-state index contributed by atoms with van der Waals surface area (Å²) in [4.78, 5) is 0. The molecule has 4 heteroatoms. The number of nitrogens with two attached hydrogens (primary N) is 1. The van der Waals surface area contributed by atoms with Crippen molar-refractivity contribution in [3.05, 3.63) is 35.4 Å². The first-order valence-electron chi connectivity index (χ1n) is 4.88. The highest BCUT2D eigenvalue weighted by Crippen LogP contribution is 2.58. The van der Waals surface area contributed by atoms with E-state index in [2.05, 4.69) is 0 Å². The lowest BCUT2D eigenvalue weighted by molar-refractivity contribution is 0.211. The third-order valence-electron chi connectivity index (χ3n) is 3.20. The van der Waals surface area contributed by atoms with E-state index >= 15 is 0 Å². The van der Waals surface area contributed by atoms with E-state index in [9.17, 15) is 8.78 Å². The molecule has 0 heterocycles. The number of hydrogen-bond acceptors (Lipinski definition) is 2. The highest BCUT2D eigenvalue weighted by atomic mass is 19.1. The first-order valence-corrected chi connectivity index (χ1v) is 4.88.